The van der Waals surface area contributed by atoms with Gasteiger partial charge in [-0.05, 0) is 17.5 Å². The maximum absolute atomic E-state index is 11.5. The molecule has 0 N–H and O–H groups in total. The van der Waals surface area contributed by atoms with Gasteiger partial charge in [-0.3, -0.25) is 4.79 Å². The molecule has 0 radical (unpaired) electrons. The predicted molar refractivity (Wildman–Crippen MR) is 117 cm³/mol. The number of thioether (sulfide) groups is 1. The fourth-order valence-corrected chi connectivity index (χ4v) is 4.09. The highest BCUT2D eigenvalue weighted by molar-refractivity contribution is 8.13. The zero-order valence-electron chi connectivity index (χ0n) is 16.7. The lowest BCUT2D eigenvalue weighted by atomic mass is 10.1. The molecular weight excluding hydrogens is 384 g/mol. The maximum Gasteiger partial charge on any atom is 0.185 e. The standard InChI is InChI=1S/C24H28O4S/c1-3-10-21-23(26-15-19-11-6-4-7-12-19)24(22(28-21)17-29-18(2)25)27-16-20-13-8-5-9-14-20/h3-9,11-14,21-24H,1,10,15-17H2,2H3/t21-,22-,23+,24-/m1/s1. The van der Waals surface area contributed by atoms with E-state index in [1.165, 1.54) is 11.8 Å². The summed E-state index contributed by atoms with van der Waals surface area (Å²) >= 11 is 1.27. The van der Waals surface area contributed by atoms with Crippen LogP contribution in [-0.4, -0.2) is 35.3 Å². The molecule has 0 aliphatic carbocycles. The third kappa shape index (κ3) is 6.54. The van der Waals surface area contributed by atoms with Crippen LogP contribution in [0.25, 0.3) is 0 Å². The van der Waals surface area contributed by atoms with Crippen molar-refractivity contribution in [2.24, 2.45) is 0 Å². The molecule has 0 saturated carbocycles. The Bertz CT molecular complexity index is 765. The van der Waals surface area contributed by atoms with Crippen molar-refractivity contribution in [3.05, 3.63) is 84.4 Å². The summed E-state index contributed by atoms with van der Waals surface area (Å²) in [5.74, 6) is 0.549. The van der Waals surface area contributed by atoms with Gasteiger partial charge < -0.3 is 14.2 Å². The Labute approximate surface area is 177 Å². The van der Waals surface area contributed by atoms with Crippen molar-refractivity contribution in [1.82, 2.24) is 0 Å². The Morgan fingerprint density at radius 1 is 0.966 bits per heavy atom. The molecule has 0 bridgehead atoms. The Kier molecular flexibility index (Phi) is 8.50. The molecule has 154 valence electrons. The van der Waals surface area contributed by atoms with Crippen molar-refractivity contribution in [1.29, 1.82) is 0 Å². The van der Waals surface area contributed by atoms with Gasteiger partial charge in [0.1, 0.15) is 12.2 Å². The van der Waals surface area contributed by atoms with Crippen molar-refractivity contribution < 1.29 is 19.0 Å². The predicted octanol–water partition coefficient (Wildman–Crippen LogP) is 4.78. The van der Waals surface area contributed by atoms with E-state index in [9.17, 15) is 4.79 Å². The van der Waals surface area contributed by atoms with Gasteiger partial charge >= 0.3 is 0 Å². The van der Waals surface area contributed by atoms with Gasteiger partial charge in [0.2, 0.25) is 0 Å². The van der Waals surface area contributed by atoms with Crippen LogP contribution < -0.4 is 0 Å². The smallest absolute Gasteiger partial charge is 0.185 e. The van der Waals surface area contributed by atoms with Crippen molar-refractivity contribution in [2.75, 3.05) is 5.75 Å². The normalized spacial score (nSPS) is 23.8. The lowest BCUT2D eigenvalue weighted by molar-refractivity contribution is -0.109. The number of rotatable bonds is 10. The van der Waals surface area contributed by atoms with Crippen LogP contribution in [0.5, 0.6) is 0 Å². The molecule has 1 aliphatic heterocycles. The van der Waals surface area contributed by atoms with Crippen LogP contribution >= 0.6 is 11.8 Å². The van der Waals surface area contributed by atoms with Crippen LogP contribution in [0.1, 0.15) is 24.5 Å². The first-order valence-electron chi connectivity index (χ1n) is 9.88. The molecule has 2 aromatic rings. The molecule has 0 spiro atoms. The molecule has 2 aromatic carbocycles. The maximum atomic E-state index is 11.5. The van der Waals surface area contributed by atoms with Crippen LogP contribution in [-0.2, 0) is 32.2 Å². The van der Waals surface area contributed by atoms with E-state index in [4.69, 9.17) is 14.2 Å². The van der Waals surface area contributed by atoms with Gasteiger partial charge in [0.15, 0.2) is 5.12 Å². The summed E-state index contributed by atoms with van der Waals surface area (Å²) in [6.07, 6.45) is 1.68. The second-order valence-corrected chi connectivity index (χ2v) is 8.26. The number of benzene rings is 2. The minimum Gasteiger partial charge on any atom is -0.368 e. The van der Waals surface area contributed by atoms with E-state index in [1.54, 1.807) is 6.92 Å². The van der Waals surface area contributed by atoms with Gasteiger partial charge in [0, 0.05) is 12.7 Å². The zero-order valence-corrected chi connectivity index (χ0v) is 17.6. The van der Waals surface area contributed by atoms with Crippen LogP contribution in [0.2, 0.25) is 0 Å². The van der Waals surface area contributed by atoms with Crippen molar-refractivity contribution >= 4 is 16.9 Å². The second kappa shape index (κ2) is 11.3. The van der Waals surface area contributed by atoms with E-state index in [-0.39, 0.29) is 29.5 Å². The molecule has 0 aromatic heterocycles. The molecule has 0 amide bonds. The Balaban J connectivity index is 1.73. The first-order chi connectivity index (χ1) is 14.2. The first-order valence-corrected chi connectivity index (χ1v) is 10.9. The van der Waals surface area contributed by atoms with Crippen molar-refractivity contribution in [3.63, 3.8) is 0 Å². The molecule has 0 unspecified atom stereocenters. The Morgan fingerprint density at radius 3 is 1.97 bits per heavy atom. The third-order valence-electron chi connectivity index (χ3n) is 4.83. The molecule has 5 heteroatoms. The van der Waals surface area contributed by atoms with E-state index in [0.717, 1.165) is 11.1 Å². The van der Waals surface area contributed by atoms with Crippen LogP contribution in [0.15, 0.2) is 73.3 Å². The molecule has 1 fully saturated rings. The molecule has 3 rings (SSSR count). The summed E-state index contributed by atoms with van der Waals surface area (Å²) in [6.45, 7) is 6.39. The quantitative estimate of drug-likeness (QED) is 0.526. The third-order valence-corrected chi connectivity index (χ3v) is 5.73. The lowest BCUT2D eigenvalue weighted by Gasteiger charge is -2.25. The van der Waals surface area contributed by atoms with Crippen LogP contribution in [0.4, 0.5) is 0 Å². The highest BCUT2D eigenvalue weighted by Gasteiger charge is 2.45. The van der Waals surface area contributed by atoms with Crippen LogP contribution in [0, 0.1) is 0 Å². The first kappa shape index (κ1) is 21.8. The number of hydrogen-bond acceptors (Lipinski definition) is 5. The molecule has 1 saturated heterocycles. The lowest BCUT2D eigenvalue weighted by Crippen LogP contribution is -2.38. The largest absolute Gasteiger partial charge is 0.368 e. The van der Waals surface area contributed by atoms with E-state index in [0.29, 0.717) is 25.4 Å². The van der Waals surface area contributed by atoms with Crippen molar-refractivity contribution in [3.8, 4) is 0 Å². The van der Waals surface area contributed by atoms with Gasteiger partial charge in [-0.25, -0.2) is 0 Å². The fourth-order valence-electron chi connectivity index (χ4n) is 3.43. The summed E-state index contributed by atoms with van der Waals surface area (Å²) in [7, 11) is 0. The van der Waals surface area contributed by atoms with E-state index < -0.39 is 0 Å². The van der Waals surface area contributed by atoms with Crippen molar-refractivity contribution in [2.45, 2.75) is 51.0 Å². The topological polar surface area (TPSA) is 44.8 Å². The van der Waals surface area contributed by atoms with Gasteiger partial charge in [-0.2, -0.15) is 0 Å². The average molecular weight is 413 g/mol. The fraction of sp³-hybridized carbons (Fsp3) is 0.375. The van der Waals surface area contributed by atoms with Gasteiger partial charge in [-0.15, -0.1) is 6.58 Å². The average Bonchev–Trinajstić information content (AvgIpc) is 3.07. The van der Waals surface area contributed by atoms with Gasteiger partial charge in [0.25, 0.3) is 0 Å². The zero-order chi connectivity index (χ0) is 20.5. The second-order valence-electron chi connectivity index (χ2n) is 7.06. The van der Waals surface area contributed by atoms with E-state index >= 15 is 0 Å². The molecule has 4 nitrogen and oxygen atoms in total. The number of carbonyl (C=O) groups excluding carboxylic acids is 1. The Hall–Kier alpha value is -1.92. The van der Waals surface area contributed by atoms with Crippen LogP contribution in [0.3, 0.4) is 0 Å². The number of hydrogen-bond donors (Lipinski definition) is 0. The number of ether oxygens (including phenoxy) is 3. The summed E-state index contributed by atoms with van der Waals surface area (Å²) in [6, 6.07) is 20.1. The monoisotopic (exact) mass is 412 g/mol. The molecule has 1 heterocycles. The van der Waals surface area contributed by atoms with E-state index in [2.05, 4.69) is 6.58 Å². The summed E-state index contributed by atoms with van der Waals surface area (Å²) in [4.78, 5) is 11.5. The molecular formula is C24H28O4S. The highest BCUT2D eigenvalue weighted by atomic mass is 32.2. The summed E-state index contributed by atoms with van der Waals surface area (Å²) in [5, 5.41) is 0.0735. The SMILES string of the molecule is C=CC[C@H]1O[C@H](CSC(C)=O)[C@@H](OCc2ccccc2)[C@H]1OCc1ccccc1. The highest BCUT2D eigenvalue weighted by Crippen LogP contribution is 2.32. The Morgan fingerprint density at radius 2 is 1.48 bits per heavy atom. The van der Waals surface area contributed by atoms with Gasteiger partial charge in [-0.1, -0.05) is 78.5 Å². The number of carbonyl (C=O) groups is 1. The van der Waals surface area contributed by atoms with Gasteiger partial charge in [0.05, 0.1) is 25.4 Å². The summed E-state index contributed by atoms with van der Waals surface area (Å²) in [5.41, 5.74) is 2.20. The molecule has 1 aliphatic rings. The minimum atomic E-state index is -0.254. The van der Waals surface area contributed by atoms with E-state index in [1.807, 2.05) is 66.7 Å². The molecule has 4 atom stereocenters. The summed E-state index contributed by atoms with van der Waals surface area (Å²) < 4.78 is 18.9. The molecule has 29 heavy (non-hydrogen) atoms. The minimum absolute atomic E-state index is 0.0735.